The summed E-state index contributed by atoms with van der Waals surface area (Å²) < 4.78 is 5.74. The Morgan fingerprint density at radius 1 is 1.00 bits per heavy atom. The van der Waals surface area contributed by atoms with Gasteiger partial charge in [-0.05, 0) is 13.8 Å². The molecule has 80 valence electrons. The summed E-state index contributed by atoms with van der Waals surface area (Å²) in [6.45, 7) is 5.49. The lowest BCUT2D eigenvalue weighted by molar-refractivity contribution is 0.167. The largest absolute Gasteiger partial charge is 0.380 e. The van der Waals surface area contributed by atoms with Crippen LogP contribution in [0.25, 0.3) is 0 Å². The van der Waals surface area contributed by atoms with Gasteiger partial charge in [-0.1, -0.05) is 0 Å². The fourth-order valence-electron chi connectivity index (χ4n) is 0.641. The Balaban J connectivity index is 2.92. The molecule has 0 radical (unpaired) electrons. The Hall–Kier alpha value is 1.24. The molecule has 0 bridgehead atoms. The molecule has 1 nitrogen and oxygen atoms in total. The van der Waals surface area contributed by atoms with E-state index in [4.69, 9.17) is 27.9 Å². The minimum absolute atomic E-state index is 0.181. The van der Waals surface area contributed by atoms with E-state index in [1.807, 2.05) is 13.8 Å². The molecule has 13 heavy (non-hydrogen) atoms. The predicted molar refractivity (Wildman–Crippen MR) is 66.4 cm³/mol. The Kier molecular flexibility index (Phi) is 10.7. The molecule has 0 aromatic rings. The minimum Gasteiger partial charge on any atom is -0.380 e. The van der Waals surface area contributed by atoms with Crippen molar-refractivity contribution in [3.05, 3.63) is 0 Å². The Bertz CT molecular complexity index is 100. The predicted octanol–water partition coefficient (Wildman–Crippen LogP) is 3.64. The number of ether oxygens (including phenoxy) is 1. The van der Waals surface area contributed by atoms with Crippen LogP contribution < -0.4 is 0 Å². The molecule has 0 aromatic carbocycles. The molecule has 0 N–H and O–H groups in total. The van der Waals surface area contributed by atoms with E-state index in [0.717, 1.165) is 24.7 Å². The van der Waals surface area contributed by atoms with Crippen molar-refractivity contribution < 1.29 is 4.74 Å². The lowest BCUT2D eigenvalue weighted by atomic mass is 10.8. The molecule has 0 saturated heterocycles. The van der Waals surface area contributed by atoms with E-state index in [-0.39, 0.29) is 9.42 Å². The van der Waals surface area contributed by atoms with Gasteiger partial charge in [0, 0.05) is 11.5 Å². The zero-order valence-corrected chi connectivity index (χ0v) is 11.1. The van der Waals surface area contributed by atoms with Gasteiger partial charge < -0.3 is 4.74 Å². The van der Waals surface area contributed by atoms with E-state index in [9.17, 15) is 0 Å². The second-order valence-corrected chi connectivity index (χ2v) is 7.16. The summed E-state index contributed by atoms with van der Waals surface area (Å²) in [5, 5.41) is 0. The first kappa shape index (κ1) is 14.2. The van der Waals surface area contributed by atoms with Gasteiger partial charge in [0.1, 0.15) is 0 Å². The molecule has 0 heterocycles. The van der Waals surface area contributed by atoms with Crippen LogP contribution in [-0.2, 0) is 4.74 Å². The van der Waals surface area contributed by atoms with Crippen molar-refractivity contribution in [1.82, 2.24) is 0 Å². The summed E-state index contributed by atoms with van der Waals surface area (Å²) in [5.41, 5.74) is 0. The fourth-order valence-corrected chi connectivity index (χ4v) is 2.25. The summed E-state index contributed by atoms with van der Waals surface area (Å²) in [5.74, 6) is 1.93. The standard InChI is InChI=1S/C8H16Cl2OS2/c1-7(9)12-5-3-11-4-6-13-8(2)10/h7-8H,3-6H2,1-2H3. The summed E-state index contributed by atoms with van der Waals surface area (Å²) in [6.07, 6.45) is 0. The van der Waals surface area contributed by atoms with Gasteiger partial charge in [-0.3, -0.25) is 0 Å². The zero-order chi connectivity index (χ0) is 10.1. The number of hydrogen-bond donors (Lipinski definition) is 0. The Morgan fingerprint density at radius 3 is 1.69 bits per heavy atom. The van der Waals surface area contributed by atoms with Crippen molar-refractivity contribution in [2.24, 2.45) is 0 Å². The van der Waals surface area contributed by atoms with Gasteiger partial charge in [0.15, 0.2) is 0 Å². The van der Waals surface area contributed by atoms with Gasteiger partial charge >= 0.3 is 0 Å². The Labute approximate surface area is 99.3 Å². The van der Waals surface area contributed by atoms with Crippen molar-refractivity contribution in [3.63, 3.8) is 0 Å². The molecule has 0 fully saturated rings. The van der Waals surface area contributed by atoms with E-state index in [2.05, 4.69) is 0 Å². The summed E-state index contributed by atoms with van der Waals surface area (Å²) in [6, 6.07) is 0. The average Bonchev–Trinajstić information content (AvgIpc) is 2.01. The van der Waals surface area contributed by atoms with Crippen LogP contribution in [0.2, 0.25) is 0 Å². The van der Waals surface area contributed by atoms with Gasteiger partial charge in [0.25, 0.3) is 0 Å². The molecule has 0 rings (SSSR count). The average molecular weight is 263 g/mol. The van der Waals surface area contributed by atoms with Gasteiger partial charge in [-0.15, -0.1) is 46.7 Å². The van der Waals surface area contributed by atoms with Gasteiger partial charge in [0.2, 0.25) is 0 Å². The second kappa shape index (κ2) is 9.78. The lowest BCUT2D eigenvalue weighted by Gasteiger charge is -2.05. The number of halogens is 2. The summed E-state index contributed by atoms with van der Waals surface area (Å²) in [4.78, 5) is 0. The topological polar surface area (TPSA) is 9.23 Å². The van der Waals surface area contributed by atoms with Gasteiger partial charge in [-0.2, -0.15) is 0 Å². The second-order valence-electron chi connectivity index (χ2n) is 2.44. The van der Waals surface area contributed by atoms with E-state index < -0.39 is 0 Å². The third-order valence-corrected chi connectivity index (χ3v) is 3.63. The minimum atomic E-state index is 0.181. The van der Waals surface area contributed by atoms with Crippen LogP contribution in [0.15, 0.2) is 0 Å². The maximum Gasteiger partial charge on any atom is 0.0761 e. The first-order valence-corrected chi connectivity index (χ1v) is 7.19. The quantitative estimate of drug-likeness (QED) is 0.489. The molecule has 5 heteroatoms. The van der Waals surface area contributed by atoms with Crippen LogP contribution in [0.4, 0.5) is 0 Å². The third-order valence-electron chi connectivity index (χ3n) is 1.15. The summed E-state index contributed by atoms with van der Waals surface area (Å²) >= 11 is 14.9. The molecule has 2 unspecified atom stereocenters. The first-order chi connectivity index (χ1) is 6.13. The SMILES string of the molecule is CC(Cl)SCCOCCSC(C)Cl. The normalized spacial score (nSPS) is 15.7. The number of thioether (sulfide) groups is 2. The molecule has 2 atom stereocenters. The van der Waals surface area contributed by atoms with Gasteiger partial charge in [-0.25, -0.2) is 0 Å². The van der Waals surface area contributed by atoms with E-state index in [1.165, 1.54) is 0 Å². The van der Waals surface area contributed by atoms with Crippen LogP contribution in [0.1, 0.15) is 13.8 Å². The van der Waals surface area contributed by atoms with Crippen molar-refractivity contribution >= 4 is 46.7 Å². The van der Waals surface area contributed by atoms with Crippen molar-refractivity contribution in [2.75, 3.05) is 24.7 Å². The Morgan fingerprint density at radius 2 is 1.38 bits per heavy atom. The van der Waals surface area contributed by atoms with Gasteiger partial charge in [0.05, 0.1) is 22.6 Å². The molecule has 0 saturated carbocycles. The smallest absolute Gasteiger partial charge is 0.0761 e. The number of alkyl halides is 2. The molecule has 0 aliphatic carbocycles. The fraction of sp³-hybridized carbons (Fsp3) is 1.00. The molecule has 0 aliphatic rings. The van der Waals surface area contributed by atoms with E-state index in [0.29, 0.717) is 0 Å². The van der Waals surface area contributed by atoms with Crippen LogP contribution >= 0.6 is 46.7 Å². The molecule has 0 spiro atoms. The maximum absolute atomic E-state index is 5.75. The van der Waals surface area contributed by atoms with E-state index in [1.54, 1.807) is 23.5 Å². The lowest BCUT2D eigenvalue weighted by Crippen LogP contribution is -2.03. The van der Waals surface area contributed by atoms with Crippen molar-refractivity contribution in [3.8, 4) is 0 Å². The zero-order valence-electron chi connectivity index (χ0n) is 7.96. The summed E-state index contributed by atoms with van der Waals surface area (Å²) in [7, 11) is 0. The van der Waals surface area contributed by atoms with Crippen LogP contribution in [0, 0.1) is 0 Å². The first-order valence-electron chi connectivity index (χ1n) is 4.22. The molecular weight excluding hydrogens is 247 g/mol. The van der Waals surface area contributed by atoms with Crippen LogP contribution in [-0.4, -0.2) is 34.1 Å². The monoisotopic (exact) mass is 262 g/mol. The highest BCUT2D eigenvalue weighted by atomic mass is 35.5. The van der Waals surface area contributed by atoms with Crippen LogP contribution in [0.5, 0.6) is 0 Å². The molecule has 0 aromatic heterocycles. The highest BCUT2D eigenvalue weighted by molar-refractivity contribution is 8.01. The maximum atomic E-state index is 5.75. The van der Waals surface area contributed by atoms with E-state index >= 15 is 0 Å². The van der Waals surface area contributed by atoms with Crippen molar-refractivity contribution in [2.45, 2.75) is 23.3 Å². The highest BCUT2D eigenvalue weighted by Crippen LogP contribution is 2.14. The number of rotatable bonds is 8. The van der Waals surface area contributed by atoms with Crippen LogP contribution in [0.3, 0.4) is 0 Å². The molecule has 0 aliphatic heterocycles. The number of hydrogen-bond acceptors (Lipinski definition) is 3. The molecule has 0 amide bonds. The molecular formula is C8H16Cl2OS2. The third kappa shape index (κ3) is 13.2. The van der Waals surface area contributed by atoms with Crippen molar-refractivity contribution in [1.29, 1.82) is 0 Å². The highest BCUT2D eigenvalue weighted by Gasteiger charge is 1.97.